The van der Waals surface area contributed by atoms with E-state index in [4.69, 9.17) is 9.47 Å². The summed E-state index contributed by atoms with van der Waals surface area (Å²) in [6.07, 6.45) is 2.41. The number of hydrogen-bond acceptors (Lipinski definition) is 7. The average molecular weight is 472 g/mol. The number of thiophene rings is 1. The molecule has 3 aromatic rings. The van der Waals surface area contributed by atoms with Crippen molar-refractivity contribution in [3.05, 3.63) is 69.2 Å². The van der Waals surface area contributed by atoms with Crippen LogP contribution in [0.15, 0.2) is 46.1 Å². The van der Waals surface area contributed by atoms with E-state index in [1.807, 2.05) is 6.92 Å². The highest BCUT2D eigenvalue weighted by Gasteiger charge is 2.26. The molecule has 0 spiro atoms. The molecule has 2 aliphatic heterocycles. The third-order valence-corrected chi connectivity index (χ3v) is 7.98. The predicted molar refractivity (Wildman–Crippen MR) is 118 cm³/mol. The summed E-state index contributed by atoms with van der Waals surface area (Å²) in [5.74, 6) is 1.12. The first-order chi connectivity index (χ1) is 15.4. The van der Waals surface area contributed by atoms with E-state index >= 15 is 0 Å². The van der Waals surface area contributed by atoms with Crippen LogP contribution in [0.1, 0.15) is 32.7 Å². The molecule has 0 radical (unpaired) electrons. The number of benzene rings is 1. The van der Waals surface area contributed by atoms with E-state index in [2.05, 4.69) is 9.71 Å². The Labute approximate surface area is 189 Å². The maximum atomic E-state index is 13.1. The zero-order valence-electron chi connectivity index (χ0n) is 17.3. The molecular weight excluding hydrogens is 450 g/mol. The molecule has 1 amide bonds. The van der Waals surface area contributed by atoms with E-state index in [0.29, 0.717) is 36.6 Å². The molecule has 1 aromatic carbocycles. The van der Waals surface area contributed by atoms with Crippen LogP contribution in [0.3, 0.4) is 0 Å². The first-order valence-electron chi connectivity index (χ1n) is 10.1. The van der Waals surface area contributed by atoms with Crippen molar-refractivity contribution in [1.29, 1.82) is 0 Å². The van der Waals surface area contributed by atoms with Crippen molar-refractivity contribution in [3.63, 3.8) is 0 Å². The summed E-state index contributed by atoms with van der Waals surface area (Å²) in [5.41, 5.74) is 4.19. The van der Waals surface area contributed by atoms with Gasteiger partial charge in [-0.3, -0.25) is 9.78 Å². The van der Waals surface area contributed by atoms with Gasteiger partial charge in [-0.15, -0.1) is 0 Å². The maximum Gasteiger partial charge on any atom is 0.254 e. The van der Waals surface area contributed by atoms with Crippen LogP contribution in [-0.2, 0) is 29.5 Å². The van der Waals surface area contributed by atoms with Gasteiger partial charge in [-0.1, -0.05) is 0 Å². The molecule has 0 aliphatic carbocycles. The number of amides is 1. The fraction of sp³-hybridized carbons (Fsp3) is 0.273. The Morgan fingerprint density at radius 1 is 1.25 bits per heavy atom. The van der Waals surface area contributed by atoms with E-state index in [1.165, 1.54) is 11.3 Å². The molecule has 5 rings (SSSR count). The number of nitrogens with one attached hydrogen (secondary N) is 1. The second-order valence-corrected chi connectivity index (χ2v) is 10.2. The lowest BCUT2D eigenvalue weighted by molar-refractivity contribution is 0.0733. The fourth-order valence-corrected chi connectivity index (χ4v) is 6.02. The van der Waals surface area contributed by atoms with Gasteiger partial charge in [0.1, 0.15) is 0 Å². The first kappa shape index (κ1) is 20.9. The van der Waals surface area contributed by atoms with E-state index in [1.54, 1.807) is 46.1 Å². The van der Waals surface area contributed by atoms with Crippen molar-refractivity contribution in [2.24, 2.45) is 0 Å². The van der Waals surface area contributed by atoms with Crippen LogP contribution in [0.2, 0.25) is 0 Å². The highest BCUT2D eigenvalue weighted by Crippen LogP contribution is 2.33. The SMILES string of the molecule is Cc1ncc2c(c1CNS(=O)(=O)c1ccsc1)CCN(C(=O)c1ccc3c(c1)OCO3)C2. The first-order valence-corrected chi connectivity index (χ1v) is 12.5. The summed E-state index contributed by atoms with van der Waals surface area (Å²) in [6, 6.07) is 6.77. The van der Waals surface area contributed by atoms with Gasteiger partial charge in [-0.25, -0.2) is 13.1 Å². The zero-order chi connectivity index (χ0) is 22.3. The summed E-state index contributed by atoms with van der Waals surface area (Å²) in [4.78, 5) is 19.6. The minimum Gasteiger partial charge on any atom is -0.454 e. The normalized spacial score (nSPS) is 15.0. The van der Waals surface area contributed by atoms with Gasteiger partial charge in [0, 0.05) is 42.5 Å². The molecule has 0 fully saturated rings. The number of aryl methyl sites for hydroxylation is 1. The van der Waals surface area contributed by atoms with Crippen molar-refractivity contribution in [2.45, 2.75) is 31.3 Å². The molecule has 0 unspecified atom stereocenters. The second kappa shape index (κ2) is 8.19. The molecule has 32 heavy (non-hydrogen) atoms. The molecule has 0 saturated carbocycles. The van der Waals surface area contributed by atoms with E-state index < -0.39 is 10.0 Å². The predicted octanol–water partition coefficient (Wildman–Crippen LogP) is 2.86. The number of pyridine rings is 1. The minimum atomic E-state index is -3.58. The molecule has 10 heteroatoms. The maximum absolute atomic E-state index is 13.1. The summed E-state index contributed by atoms with van der Waals surface area (Å²) in [6.45, 7) is 3.15. The number of nitrogens with zero attached hydrogens (tertiary/aromatic N) is 2. The number of sulfonamides is 1. The third-order valence-electron chi connectivity index (χ3n) is 5.75. The Hall–Kier alpha value is -2.95. The smallest absolute Gasteiger partial charge is 0.254 e. The summed E-state index contributed by atoms with van der Waals surface area (Å²) in [5, 5.41) is 3.34. The largest absolute Gasteiger partial charge is 0.454 e. The molecule has 2 aliphatic rings. The van der Waals surface area contributed by atoms with Gasteiger partial charge in [0.05, 0.1) is 4.90 Å². The average Bonchev–Trinajstić information content (AvgIpc) is 3.49. The number of fused-ring (bicyclic) bond motifs is 2. The van der Waals surface area contributed by atoms with E-state index in [-0.39, 0.29) is 24.1 Å². The molecular formula is C22H21N3O5S2. The number of hydrogen-bond donors (Lipinski definition) is 1. The zero-order valence-corrected chi connectivity index (χ0v) is 19.0. The Kier molecular flexibility index (Phi) is 5.36. The molecule has 0 bridgehead atoms. The fourth-order valence-electron chi connectivity index (χ4n) is 4.00. The van der Waals surface area contributed by atoms with Crippen molar-refractivity contribution >= 4 is 27.3 Å². The summed E-state index contributed by atoms with van der Waals surface area (Å²) < 4.78 is 38.4. The highest BCUT2D eigenvalue weighted by molar-refractivity contribution is 7.89. The standard InChI is InChI=1S/C22H21N3O5S2/c1-14-19(10-24-32(27,28)17-5-7-31-12-17)18-4-6-25(11-16(18)9-23-14)22(26)15-2-3-20-21(8-15)30-13-29-20/h2-3,5,7-9,12,24H,4,6,10-11,13H2,1H3. The molecule has 4 heterocycles. The van der Waals surface area contributed by atoms with Crippen molar-refractivity contribution < 1.29 is 22.7 Å². The monoisotopic (exact) mass is 471 g/mol. The number of rotatable bonds is 5. The van der Waals surface area contributed by atoms with Crippen molar-refractivity contribution in [2.75, 3.05) is 13.3 Å². The number of carbonyl (C=O) groups is 1. The summed E-state index contributed by atoms with van der Waals surface area (Å²) in [7, 11) is -3.58. The van der Waals surface area contributed by atoms with Gasteiger partial charge in [-0.2, -0.15) is 11.3 Å². The highest BCUT2D eigenvalue weighted by atomic mass is 32.2. The van der Waals surface area contributed by atoms with Crippen LogP contribution in [0.25, 0.3) is 0 Å². The van der Waals surface area contributed by atoms with Crippen LogP contribution < -0.4 is 14.2 Å². The topological polar surface area (TPSA) is 97.8 Å². The van der Waals surface area contributed by atoms with Gasteiger partial charge < -0.3 is 14.4 Å². The van der Waals surface area contributed by atoms with Gasteiger partial charge in [0.25, 0.3) is 5.91 Å². The second-order valence-electron chi connectivity index (χ2n) is 7.65. The van der Waals surface area contributed by atoms with Crippen LogP contribution >= 0.6 is 11.3 Å². The lowest BCUT2D eigenvalue weighted by atomic mass is 9.94. The van der Waals surface area contributed by atoms with Crippen molar-refractivity contribution in [3.8, 4) is 11.5 Å². The Morgan fingerprint density at radius 2 is 2.09 bits per heavy atom. The third kappa shape index (κ3) is 3.85. The van der Waals surface area contributed by atoms with Crippen LogP contribution in [0.5, 0.6) is 11.5 Å². The van der Waals surface area contributed by atoms with Gasteiger partial charge >= 0.3 is 0 Å². The Bertz CT molecular complexity index is 1290. The molecule has 8 nitrogen and oxygen atoms in total. The lowest BCUT2D eigenvalue weighted by Crippen LogP contribution is -2.37. The molecule has 166 valence electrons. The van der Waals surface area contributed by atoms with Gasteiger partial charge in [-0.05, 0) is 59.7 Å². The van der Waals surface area contributed by atoms with Crippen LogP contribution in [0, 0.1) is 6.92 Å². The lowest BCUT2D eigenvalue weighted by Gasteiger charge is -2.30. The van der Waals surface area contributed by atoms with E-state index in [0.717, 1.165) is 22.4 Å². The van der Waals surface area contributed by atoms with Crippen LogP contribution in [0.4, 0.5) is 0 Å². The van der Waals surface area contributed by atoms with Gasteiger partial charge in [0.15, 0.2) is 11.5 Å². The number of aromatic nitrogens is 1. The Morgan fingerprint density at radius 3 is 2.91 bits per heavy atom. The minimum absolute atomic E-state index is 0.0887. The Balaban J connectivity index is 1.35. The molecule has 2 aromatic heterocycles. The molecule has 0 atom stereocenters. The number of ether oxygens (including phenoxy) is 2. The molecule has 1 N–H and O–H groups in total. The van der Waals surface area contributed by atoms with Gasteiger partial charge in [0.2, 0.25) is 16.8 Å². The van der Waals surface area contributed by atoms with Crippen molar-refractivity contribution in [1.82, 2.24) is 14.6 Å². The molecule has 0 saturated heterocycles. The number of carbonyl (C=O) groups excluding carboxylic acids is 1. The van der Waals surface area contributed by atoms with E-state index in [9.17, 15) is 13.2 Å². The summed E-state index contributed by atoms with van der Waals surface area (Å²) >= 11 is 1.34. The van der Waals surface area contributed by atoms with Crippen LogP contribution in [-0.4, -0.2) is 37.5 Å². The quantitative estimate of drug-likeness (QED) is 0.615.